The molecule has 0 radical (unpaired) electrons. The third kappa shape index (κ3) is 1.58. The minimum atomic E-state index is -0.592. The Bertz CT molecular complexity index is 242. The highest BCUT2D eigenvalue weighted by molar-refractivity contribution is 9.10. The van der Waals surface area contributed by atoms with Crippen molar-refractivity contribution >= 4 is 37.6 Å². The van der Waals surface area contributed by atoms with Crippen LogP contribution in [0.4, 0.5) is 0 Å². The van der Waals surface area contributed by atoms with Crippen LogP contribution in [0, 0.1) is 0 Å². The predicted molar refractivity (Wildman–Crippen MR) is 62.2 cm³/mol. The number of alkyl halides is 2. The average molecular weight is 329 g/mol. The second-order valence-corrected chi connectivity index (χ2v) is 6.58. The molecule has 0 bridgehead atoms. The molecule has 5 heteroatoms. The Labute approximate surface area is 101 Å². The van der Waals surface area contributed by atoms with Gasteiger partial charge < -0.3 is 5.21 Å². The maximum atomic E-state index is 11.9. The molecule has 1 aliphatic heterocycles. The van der Waals surface area contributed by atoms with Crippen LogP contribution >= 0.6 is 31.9 Å². The number of hydrogen-bond acceptors (Lipinski definition) is 3. The van der Waals surface area contributed by atoms with Crippen LogP contribution < -0.4 is 0 Å². The van der Waals surface area contributed by atoms with Crippen molar-refractivity contribution in [2.24, 2.45) is 0 Å². The van der Waals surface area contributed by atoms with Crippen molar-refractivity contribution in [2.45, 2.75) is 48.4 Å². The second kappa shape index (κ2) is 3.54. The fraction of sp³-hybridized carbons (Fsp3) is 0.889. The highest BCUT2D eigenvalue weighted by atomic mass is 79.9. The van der Waals surface area contributed by atoms with Crippen LogP contribution in [-0.4, -0.2) is 36.8 Å². The number of halogens is 2. The first-order valence-corrected chi connectivity index (χ1v) is 6.27. The third-order valence-electron chi connectivity index (χ3n) is 2.83. The third-order valence-corrected chi connectivity index (χ3v) is 5.98. The zero-order valence-electron chi connectivity index (χ0n) is 8.71. The van der Waals surface area contributed by atoms with E-state index in [1.807, 2.05) is 27.7 Å². The number of rotatable bonds is 0. The molecule has 1 heterocycles. The molecular weight excluding hydrogens is 314 g/mol. The molecule has 0 spiro atoms. The van der Waals surface area contributed by atoms with Crippen molar-refractivity contribution in [3.8, 4) is 0 Å². The fourth-order valence-corrected chi connectivity index (χ4v) is 3.05. The van der Waals surface area contributed by atoms with Crippen molar-refractivity contribution < 1.29 is 10.0 Å². The van der Waals surface area contributed by atoms with Gasteiger partial charge in [0.2, 0.25) is 0 Å². The summed E-state index contributed by atoms with van der Waals surface area (Å²) in [5.74, 6) is 0.0744. The van der Waals surface area contributed by atoms with Crippen LogP contribution in [0.1, 0.15) is 27.7 Å². The van der Waals surface area contributed by atoms with Crippen molar-refractivity contribution in [3.63, 3.8) is 0 Å². The van der Waals surface area contributed by atoms with Gasteiger partial charge in [-0.05, 0) is 27.7 Å². The van der Waals surface area contributed by atoms with Crippen molar-refractivity contribution in [2.75, 3.05) is 0 Å². The first kappa shape index (κ1) is 12.6. The Kier molecular flexibility index (Phi) is 3.19. The number of carbonyl (C=O) groups excluding carboxylic acids is 1. The summed E-state index contributed by atoms with van der Waals surface area (Å²) in [5.41, 5.74) is -1.18. The maximum absolute atomic E-state index is 11.9. The Morgan fingerprint density at radius 3 is 1.71 bits per heavy atom. The summed E-state index contributed by atoms with van der Waals surface area (Å²) in [4.78, 5) is 11.1. The van der Waals surface area contributed by atoms with Gasteiger partial charge in [0.15, 0.2) is 5.78 Å². The lowest BCUT2D eigenvalue weighted by molar-refractivity contribution is -0.231. The molecule has 0 aromatic rings. The first-order chi connectivity index (χ1) is 6.13. The van der Waals surface area contributed by atoms with Gasteiger partial charge in [0.1, 0.15) is 0 Å². The number of Topliss-reactive ketones (excluding diaryl/α,β-unsaturated/α-hetero) is 1. The van der Waals surface area contributed by atoms with E-state index in [0.29, 0.717) is 0 Å². The van der Waals surface area contributed by atoms with Gasteiger partial charge in [-0.2, -0.15) is 5.06 Å². The van der Waals surface area contributed by atoms with E-state index in [1.165, 1.54) is 5.06 Å². The molecule has 1 rings (SSSR count). The van der Waals surface area contributed by atoms with Gasteiger partial charge in [-0.1, -0.05) is 31.9 Å². The molecule has 0 saturated carbocycles. The lowest BCUT2D eigenvalue weighted by Gasteiger charge is -2.52. The average Bonchev–Trinajstić information content (AvgIpc) is 2.11. The molecule has 82 valence electrons. The number of piperidine rings is 1. The standard InChI is InChI=1S/C9H15Br2NO2/c1-8(2)6(10)5(13)7(11)9(3,4)12(8)14/h6-7,14H,1-4H3/t6-,7+. The smallest absolute Gasteiger partial charge is 0.163 e. The van der Waals surface area contributed by atoms with Crippen LogP contribution in [-0.2, 0) is 4.79 Å². The predicted octanol–water partition coefficient (Wildman–Crippen LogP) is 2.34. The topological polar surface area (TPSA) is 40.5 Å². The largest absolute Gasteiger partial charge is 0.313 e. The molecule has 0 amide bonds. The highest BCUT2D eigenvalue weighted by Crippen LogP contribution is 2.41. The monoisotopic (exact) mass is 327 g/mol. The van der Waals surface area contributed by atoms with Crippen LogP contribution in [0.3, 0.4) is 0 Å². The molecule has 1 fully saturated rings. The number of ketones is 1. The molecule has 1 N–H and O–H groups in total. The van der Waals surface area contributed by atoms with Gasteiger partial charge >= 0.3 is 0 Å². The van der Waals surface area contributed by atoms with Gasteiger partial charge in [-0.25, -0.2) is 0 Å². The van der Waals surface area contributed by atoms with Crippen LogP contribution in [0.25, 0.3) is 0 Å². The van der Waals surface area contributed by atoms with Gasteiger partial charge in [0, 0.05) is 0 Å². The second-order valence-electron chi connectivity index (χ2n) is 4.75. The van der Waals surface area contributed by atoms with E-state index < -0.39 is 11.1 Å². The Morgan fingerprint density at radius 1 is 1.14 bits per heavy atom. The molecule has 2 atom stereocenters. The zero-order chi connectivity index (χ0) is 11.3. The van der Waals surface area contributed by atoms with Gasteiger partial charge in [0.05, 0.1) is 20.7 Å². The Morgan fingerprint density at radius 2 is 1.43 bits per heavy atom. The number of hydroxylamine groups is 2. The Hall–Kier alpha value is 0.550. The molecule has 1 aliphatic rings. The number of carbonyl (C=O) groups is 1. The molecule has 3 nitrogen and oxygen atoms in total. The number of nitrogens with zero attached hydrogens (tertiary/aromatic N) is 1. The first-order valence-electron chi connectivity index (χ1n) is 4.44. The summed E-state index contributed by atoms with van der Waals surface area (Å²) in [6.07, 6.45) is 0. The van der Waals surface area contributed by atoms with E-state index in [0.717, 1.165) is 0 Å². The molecule has 1 saturated heterocycles. The van der Waals surface area contributed by atoms with Crippen molar-refractivity contribution in [1.82, 2.24) is 5.06 Å². The zero-order valence-corrected chi connectivity index (χ0v) is 11.9. The summed E-state index contributed by atoms with van der Waals surface area (Å²) in [6, 6.07) is 0. The van der Waals surface area contributed by atoms with Gasteiger partial charge in [-0.3, -0.25) is 4.79 Å². The highest BCUT2D eigenvalue weighted by Gasteiger charge is 2.55. The van der Waals surface area contributed by atoms with Crippen LogP contribution in [0.2, 0.25) is 0 Å². The maximum Gasteiger partial charge on any atom is 0.163 e. The fourth-order valence-electron chi connectivity index (χ4n) is 1.78. The van der Waals surface area contributed by atoms with Crippen LogP contribution in [0.15, 0.2) is 0 Å². The summed E-state index contributed by atoms with van der Waals surface area (Å²) in [6.45, 7) is 7.35. The SMILES string of the molecule is CC1(C)[C@H](Br)C(=O)[C@H](Br)C(C)(C)N1O. The minimum absolute atomic E-state index is 0.0744. The molecule has 0 aliphatic carbocycles. The number of hydrogen-bond donors (Lipinski definition) is 1. The quantitative estimate of drug-likeness (QED) is 0.694. The molecule has 0 aromatic carbocycles. The van der Waals surface area contributed by atoms with E-state index in [1.54, 1.807) is 0 Å². The van der Waals surface area contributed by atoms with E-state index in [9.17, 15) is 10.0 Å². The summed E-state index contributed by atoms with van der Waals surface area (Å²) in [7, 11) is 0. The summed E-state index contributed by atoms with van der Waals surface area (Å²) < 4.78 is 0. The Balaban J connectivity index is 3.15. The summed E-state index contributed by atoms with van der Waals surface area (Å²) >= 11 is 6.65. The van der Waals surface area contributed by atoms with Gasteiger partial charge in [-0.15, -0.1) is 0 Å². The van der Waals surface area contributed by atoms with E-state index in [4.69, 9.17) is 0 Å². The summed E-state index contributed by atoms with van der Waals surface area (Å²) in [5, 5.41) is 11.3. The van der Waals surface area contributed by atoms with E-state index >= 15 is 0 Å². The molecule has 14 heavy (non-hydrogen) atoms. The van der Waals surface area contributed by atoms with Crippen molar-refractivity contribution in [3.05, 3.63) is 0 Å². The lowest BCUT2D eigenvalue weighted by Crippen LogP contribution is -2.69. The van der Waals surface area contributed by atoms with E-state index in [-0.39, 0.29) is 15.4 Å². The molecule has 0 aromatic heterocycles. The lowest BCUT2D eigenvalue weighted by atomic mass is 9.81. The molecule has 0 unspecified atom stereocenters. The molecular formula is C9H15Br2NO2. The van der Waals surface area contributed by atoms with E-state index in [2.05, 4.69) is 31.9 Å². The van der Waals surface area contributed by atoms with Crippen LogP contribution in [0.5, 0.6) is 0 Å². The van der Waals surface area contributed by atoms with Gasteiger partial charge in [0.25, 0.3) is 0 Å². The van der Waals surface area contributed by atoms with Crippen molar-refractivity contribution in [1.29, 1.82) is 0 Å². The minimum Gasteiger partial charge on any atom is -0.313 e. The normalized spacial score (nSPS) is 37.2.